The maximum atomic E-state index is 11.5. The van der Waals surface area contributed by atoms with Gasteiger partial charge in [0, 0.05) is 12.1 Å². The number of aromatic carboxylic acids is 1. The highest BCUT2D eigenvalue weighted by Crippen LogP contribution is 2.19. The van der Waals surface area contributed by atoms with Crippen LogP contribution in [0, 0.1) is 6.92 Å². The van der Waals surface area contributed by atoms with E-state index in [2.05, 4.69) is 11.9 Å². The van der Waals surface area contributed by atoms with E-state index in [9.17, 15) is 9.59 Å². The fourth-order valence-electron chi connectivity index (χ4n) is 1.45. The Hall–Kier alpha value is -2.10. The molecule has 0 saturated carbocycles. The fraction of sp³-hybridized carbons (Fsp3) is 0.231. The van der Waals surface area contributed by atoms with Crippen LogP contribution in [-0.4, -0.2) is 17.0 Å². The molecular weight excluding hydrogens is 218 g/mol. The maximum absolute atomic E-state index is 11.5. The highest BCUT2D eigenvalue weighted by Gasteiger charge is 2.11. The fourth-order valence-corrected chi connectivity index (χ4v) is 1.45. The number of nitrogens with one attached hydrogen (secondary N) is 1. The first kappa shape index (κ1) is 13.0. The molecule has 0 unspecified atom stereocenters. The Kier molecular flexibility index (Phi) is 4.46. The minimum Gasteiger partial charge on any atom is -0.478 e. The third-order valence-electron chi connectivity index (χ3n) is 2.41. The normalized spacial score (nSPS) is 9.71. The van der Waals surface area contributed by atoms with E-state index in [1.54, 1.807) is 25.1 Å². The van der Waals surface area contributed by atoms with Crippen LogP contribution in [0.1, 0.15) is 28.8 Å². The summed E-state index contributed by atoms with van der Waals surface area (Å²) in [4.78, 5) is 22.4. The highest BCUT2D eigenvalue weighted by atomic mass is 16.4. The molecule has 0 atom stereocenters. The number of anilines is 1. The van der Waals surface area contributed by atoms with Gasteiger partial charge in [0.2, 0.25) is 5.91 Å². The lowest BCUT2D eigenvalue weighted by atomic mass is 10.1. The lowest BCUT2D eigenvalue weighted by Gasteiger charge is -2.09. The van der Waals surface area contributed by atoms with Gasteiger partial charge in [-0.05, 0) is 31.0 Å². The Morgan fingerprint density at radius 2 is 2.18 bits per heavy atom. The minimum absolute atomic E-state index is 0.143. The summed E-state index contributed by atoms with van der Waals surface area (Å²) in [6.07, 6.45) is 2.61. The summed E-state index contributed by atoms with van der Waals surface area (Å²) in [5.41, 5.74) is 1.30. The number of carbonyl (C=O) groups excluding carboxylic acids is 1. The lowest BCUT2D eigenvalue weighted by Crippen LogP contribution is -2.13. The summed E-state index contributed by atoms with van der Waals surface area (Å²) in [7, 11) is 0. The number of carboxylic acid groups (broad SMARTS) is 1. The van der Waals surface area contributed by atoms with E-state index >= 15 is 0 Å². The Balaban J connectivity index is 2.85. The van der Waals surface area contributed by atoms with Gasteiger partial charge < -0.3 is 10.4 Å². The molecule has 17 heavy (non-hydrogen) atoms. The summed E-state index contributed by atoms with van der Waals surface area (Å²) in [6, 6.07) is 4.81. The second-order valence-electron chi connectivity index (χ2n) is 3.66. The zero-order chi connectivity index (χ0) is 12.8. The number of carbonyl (C=O) groups is 2. The SMILES string of the molecule is C=CCCC(=O)Nc1cccc(C(=O)O)c1C. The largest absolute Gasteiger partial charge is 0.478 e. The molecular formula is C13H15NO3. The summed E-state index contributed by atoms with van der Waals surface area (Å²) in [6.45, 7) is 5.21. The van der Waals surface area contributed by atoms with Crippen molar-refractivity contribution in [3.8, 4) is 0 Å². The maximum Gasteiger partial charge on any atom is 0.336 e. The van der Waals surface area contributed by atoms with Gasteiger partial charge in [-0.1, -0.05) is 12.1 Å². The Morgan fingerprint density at radius 1 is 1.47 bits per heavy atom. The highest BCUT2D eigenvalue weighted by molar-refractivity contribution is 5.96. The van der Waals surface area contributed by atoms with Crippen molar-refractivity contribution in [3.63, 3.8) is 0 Å². The Bertz CT molecular complexity index is 452. The molecule has 0 bridgehead atoms. The number of allylic oxidation sites excluding steroid dienone is 1. The van der Waals surface area contributed by atoms with E-state index in [0.717, 1.165) is 0 Å². The molecule has 0 radical (unpaired) electrons. The van der Waals surface area contributed by atoms with Crippen molar-refractivity contribution in [2.75, 3.05) is 5.32 Å². The third-order valence-corrected chi connectivity index (χ3v) is 2.41. The van der Waals surface area contributed by atoms with E-state index in [4.69, 9.17) is 5.11 Å². The first-order valence-electron chi connectivity index (χ1n) is 5.30. The average molecular weight is 233 g/mol. The van der Waals surface area contributed by atoms with Crippen LogP contribution in [0.25, 0.3) is 0 Å². The number of amides is 1. The van der Waals surface area contributed by atoms with Gasteiger partial charge in [0.15, 0.2) is 0 Å². The molecule has 0 saturated heterocycles. The van der Waals surface area contributed by atoms with Gasteiger partial charge in [-0.3, -0.25) is 4.79 Å². The van der Waals surface area contributed by atoms with Gasteiger partial charge >= 0.3 is 5.97 Å². The first-order valence-corrected chi connectivity index (χ1v) is 5.30. The first-order chi connectivity index (χ1) is 8.06. The zero-order valence-corrected chi connectivity index (χ0v) is 9.69. The summed E-state index contributed by atoms with van der Waals surface area (Å²) < 4.78 is 0. The summed E-state index contributed by atoms with van der Waals surface area (Å²) >= 11 is 0. The van der Waals surface area contributed by atoms with Gasteiger partial charge in [-0.15, -0.1) is 6.58 Å². The molecule has 0 fully saturated rings. The molecule has 1 aromatic rings. The van der Waals surface area contributed by atoms with Crippen LogP contribution in [-0.2, 0) is 4.79 Å². The molecule has 0 heterocycles. The van der Waals surface area contributed by atoms with Gasteiger partial charge in [0.05, 0.1) is 5.56 Å². The topological polar surface area (TPSA) is 66.4 Å². The molecule has 2 N–H and O–H groups in total. The molecule has 0 aromatic heterocycles. The standard InChI is InChI=1S/C13H15NO3/c1-3-4-8-12(15)14-11-7-5-6-10(9(11)2)13(16)17/h3,5-7H,1,4,8H2,2H3,(H,14,15)(H,16,17). The smallest absolute Gasteiger partial charge is 0.336 e. The van der Waals surface area contributed by atoms with Gasteiger partial charge in [0.25, 0.3) is 0 Å². The minimum atomic E-state index is -0.996. The average Bonchev–Trinajstić information content (AvgIpc) is 2.28. The van der Waals surface area contributed by atoms with Crippen LogP contribution in [0.4, 0.5) is 5.69 Å². The van der Waals surface area contributed by atoms with Crippen molar-refractivity contribution in [2.45, 2.75) is 19.8 Å². The molecule has 0 aliphatic carbocycles. The van der Waals surface area contributed by atoms with Crippen LogP contribution in [0.3, 0.4) is 0 Å². The number of hydrogen-bond donors (Lipinski definition) is 2. The molecule has 4 nitrogen and oxygen atoms in total. The number of carboxylic acids is 1. The van der Waals surface area contributed by atoms with Crippen LogP contribution in [0.15, 0.2) is 30.9 Å². The molecule has 4 heteroatoms. The zero-order valence-electron chi connectivity index (χ0n) is 9.69. The van der Waals surface area contributed by atoms with E-state index in [1.165, 1.54) is 6.07 Å². The molecule has 0 aliphatic heterocycles. The Morgan fingerprint density at radius 3 is 2.76 bits per heavy atom. The van der Waals surface area contributed by atoms with Crippen molar-refractivity contribution in [3.05, 3.63) is 42.0 Å². The van der Waals surface area contributed by atoms with Crippen molar-refractivity contribution >= 4 is 17.6 Å². The van der Waals surface area contributed by atoms with Crippen molar-refractivity contribution < 1.29 is 14.7 Å². The molecule has 0 spiro atoms. The van der Waals surface area contributed by atoms with E-state index < -0.39 is 5.97 Å². The molecule has 1 rings (SSSR count). The van der Waals surface area contributed by atoms with E-state index in [-0.39, 0.29) is 11.5 Å². The third kappa shape index (κ3) is 3.45. The van der Waals surface area contributed by atoms with Crippen LogP contribution in [0.2, 0.25) is 0 Å². The van der Waals surface area contributed by atoms with Crippen LogP contribution >= 0.6 is 0 Å². The lowest BCUT2D eigenvalue weighted by molar-refractivity contribution is -0.116. The predicted octanol–water partition coefficient (Wildman–Crippen LogP) is 2.60. The Labute approximate surface area is 100.0 Å². The molecule has 1 aromatic carbocycles. The summed E-state index contributed by atoms with van der Waals surface area (Å²) in [5, 5.41) is 11.6. The quantitative estimate of drug-likeness (QED) is 0.768. The molecule has 1 amide bonds. The monoisotopic (exact) mass is 233 g/mol. The second-order valence-corrected chi connectivity index (χ2v) is 3.66. The van der Waals surface area contributed by atoms with Crippen molar-refractivity contribution in [2.24, 2.45) is 0 Å². The number of rotatable bonds is 5. The van der Waals surface area contributed by atoms with Gasteiger partial charge in [-0.25, -0.2) is 4.79 Å². The van der Waals surface area contributed by atoms with Crippen LogP contribution < -0.4 is 5.32 Å². The van der Waals surface area contributed by atoms with Crippen LogP contribution in [0.5, 0.6) is 0 Å². The number of benzene rings is 1. The van der Waals surface area contributed by atoms with E-state index in [0.29, 0.717) is 24.1 Å². The van der Waals surface area contributed by atoms with Crippen molar-refractivity contribution in [1.29, 1.82) is 0 Å². The van der Waals surface area contributed by atoms with E-state index in [1.807, 2.05) is 0 Å². The second kappa shape index (κ2) is 5.84. The van der Waals surface area contributed by atoms with Gasteiger partial charge in [-0.2, -0.15) is 0 Å². The van der Waals surface area contributed by atoms with Gasteiger partial charge in [0.1, 0.15) is 0 Å². The molecule has 90 valence electrons. The van der Waals surface area contributed by atoms with Crippen molar-refractivity contribution in [1.82, 2.24) is 0 Å². The summed E-state index contributed by atoms with van der Waals surface area (Å²) in [5.74, 6) is -1.14. The number of hydrogen-bond acceptors (Lipinski definition) is 2. The predicted molar refractivity (Wildman–Crippen MR) is 66.2 cm³/mol. The molecule has 0 aliphatic rings.